The maximum atomic E-state index is 12.0. The molecule has 0 aliphatic carbocycles. The number of Topliss-reactive ketones (excluding diaryl/α,β-unsaturated/α-hetero) is 1. The lowest BCUT2D eigenvalue weighted by Crippen LogP contribution is -1.99. The molecule has 1 aliphatic heterocycles. The molecule has 0 amide bonds. The summed E-state index contributed by atoms with van der Waals surface area (Å²) in [7, 11) is 0. The number of fused-ring (bicyclic) bond motifs is 1. The molecule has 20 heavy (non-hydrogen) atoms. The standard InChI is InChI=1S/C15H9NO4/c16-8-11(15(17)13-2-1-5-18-13)6-10-3-4-12-14(7-10)20-9-19-12/h1-7H,9H2/b11-6-. The van der Waals surface area contributed by atoms with Crippen molar-refractivity contribution in [3.63, 3.8) is 0 Å². The van der Waals surface area contributed by atoms with Gasteiger partial charge in [-0.25, -0.2) is 0 Å². The van der Waals surface area contributed by atoms with E-state index in [-0.39, 0.29) is 18.1 Å². The van der Waals surface area contributed by atoms with Crippen molar-refractivity contribution in [1.29, 1.82) is 5.26 Å². The Bertz CT molecular complexity index is 723. The monoisotopic (exact) mass is 267 g/mol. The van der Waals surface area contributed by atoms with E-state index in [9.17, 15) is 4.79 Å². The Morgan fingerprint density at radius 1 is 1.25 bits per heavy atom. The summed E-state index contributed by atoms with van der Waals surface area (Å²) in [4.78, 5) is 12.0. The molecular formula is C15H9NO4. The van der Waals surface area contributed by atoms with E-state index in [4.69, 9.17) is 19.2 Å². The molecule has 0 fully saturated rings. The van der Waals surface area contributed by atoms with Gasteiger partial charge in [-0.05, 0) is 35.9 Å². The summed E-state index contributed by atoms with van der Waals surface area (Å²) in [5, 5.41) is 9.11. The lowest BCUT2D eigenvalue weighted by molar-refractivity contribution is 0.101. The number of benzene rings is 1. The Balaban J connectivity index is 1.93. The number of furan rings is 1. The fraction of sp³-hybridized carbons (Fsp3) is 0.0667. The molecule has 98 valence electrons. The van der Waals surface area contributed by atoms with Crippen molar-refractivity contribution in [3.8, 4) is 17.6 Å². The highest BCUT2D eigenvalue weighted by Gasteiger charge is 2.16. The van der Waals surface area contributed by atoms with E-state index in [0.717, 1.165) is 0 Å². The van der Waals surface area contributed by atoms with Gasteiger partial charge in [-0.1, -0.05) is 6.07 Å². The molecule has 2 heterocycles. The van der Waals surface area contributed by atoms with Gasteiger partial charge in [0.05, 0.1) is 6.26 Å². The Labute approximate surface area is 114 Å². The fourth-order valence-electron chi connectivity index (χ4n) is 1.86. The first kappa shape index (κ1) is 12.1. The molecule has 0 spiro atoms. The van der Waals surface area contributed by atoms with Gasteiger partial charge >= 0.3 is 0 Å². The number of nitriles is 1. The van der Waals surface area contributed by atoms with E-state index >= 15 is 0 Å². The first-order chi connectivity index (χ1) is 9.78. The first-order valence-corrected chi connectivity index (χ1v) is 5.87. The molecular weight excluding hydrogens is 258 g/mol. The summed E-state index contributed by atoms with van der Waals surface area (Å²) in [6.45, 7) is 0.179. The van der Waals surface area contributed by atoms with Crippen LogP contribution in [0.15, 0.2) is 46.6 Å². The molecule has 2 aromatic rings. The first-order valence-electron chi connectivity index (χ1n) is 5.87. The second kappa shape index (κ2) is 4.94. The van der Waals surface area contributed by atoms with Gasteiger partial charge in [0.25, 0.3) is 0 Å². The number of hydrogen-bond acceptors (Lipinski definition) is 5. The number of nitrogens with zero attached hydrogens (tertiary/aromatic N) is 1. The van der Waals surface area contributed by atoms with Crippen LogP contribution in [0.25, 0.3) is 6.08 Å². The minimum Gasteiger partial charge on any atom is -0.461 e. The number of ketones is 1. The highest BCUT2D eigenvalue weighted by molar-refractivity contribution is 6.12. The third-order valence-electron chi connectivity index (χ3n) is 2.82. The van der Waals surface area contributed by atoms with Gasteiger partial charge in [-0.15, -0.1) is 0 Å². The Kier molecular flexibility index (Phi) is 2.98. The van der Waals surface area contributed by atoms with Crippen LogP contribution >= 0.6 is 0 Å². The summed E-state index contributed by atoms with van der Waals surface area (Å²) in [5.41, 5.74) is 0.685. The van der Waals surface area contributed by atoms with Crippen LogP contribution in [0, 0.1) is 11.3 Å². The zero-order valence-electron chi connectivity index (χ0n) is 10.3. The lowest BCUT2D eigenvalue weighted by atomic mass is 10.1. The van der Waals surface area contributed by atoms with Gasteiger partial charge in [0.2, 0.25) is 12.6 Å². The van der Waals surface area contributed by atoms with Gasteiger partial charge in [0.1, 0.15) is 11.6 Å². The smallest absolute Gasteiger partial charge is 0.238 e. The molecule has 5 heteroatoms. The van der Waals surface area contributed by atoms with E-state index in [1.807, 2.05) is 6.07 Å². The highest BCUT2D eigenvalue weighted by atomic mass is 16.7. The topological polar surface area (TPSA) is 72.5 Å². The van der Waals surface area contributed by atoms with Crippen LogP contribution in [0.5, 0.6) is 11.5 Å². The molecule has 0 radical (unpaired) electrons. The van der Waals surface area contributed by atoms with Crippen molar-refractivity contribution in [2.75, 3.05) is 6.79 Å². The minimum absolute atomic E-state index is 0.00110. The van der Waals surface area contributed by atoms with Crippen LogP contribution in [0.1, 0.15) is 16.1 Å². The van der Waals surface area contributed by atoms with Crippen molar-refractivity contribution in [2.24, 2.45) is 0 Å². The SMILES string of the molecule is N#C/C(=C/c1ccc2c(c1)OCO2)C(=O)c1ccco1. The van der Waals surface area contributed by atoms with Crippen molar-refractivity contribution < 1.29 is 18.7 Å². The zero-order chi connectivity index (χ0) is 13.9. The number of carbonyl (C=O) groups excluding carboxylic acids is 1. The maximum absolute atomic E-state index is 12.0. The molecule has 0 N–H and O–H groups in total. The van der Waals surface area contributed by atoms with Crippen molar-refractivity contribution in [1.82, 2.24) is 0 Å². The van der Waals surface area contributed by atoms with Crippen molar-refractivity contribution in [2.45, 2.75) is 0 Å². The molecule has 0 saturated heterocycles. The molecule has 1 aliphatic rings. The summed E-state index contributed by atoms with van der Waals surface area (Å²) >= 11 is 0. The van der Waals surface area contributed by atoms with Crippen LogP contribution in [0.3, 0.4) is 0 Å². The number of allylic oxidation sites excluding steroid dienone is 1. The van der Waals surface area contributed by atoms with Crippen LogP contribution < -0.4 is 9.47 Å². The Morgan fingerprint density at radius 3 is 2.85 bits per heavy atom. The van der Waals surface area contributed by atoms with Crippen LogP contribution in [-0.2, 0) is 0 Å². The van der Waals surface area contributed by atoms with E-state index in [1.54, 1.807) is 24.3 Å². The van der Waals surface area contributed by atoms with Gasteiger partial charge < -0.3 is 13.9 Å². The van der Waals surface area contributed by atoms with Crippen molar-refractivity contribution in [3.05, 3.63) is 53.5 Å². The maximum Gasteiger partial charge on any atom is 0.238 e. The Morgan fingerprint density at radius 2 is 2.10 bits per heavy atom. The summed E-state index contributed by atoms with van der Waals surface area (Å²) < 4.78 is 15.5. The predicted molar refractivity (Wildman–Crippen MR) is 69.2 cm³/mol. The third kappa shape index (κ3) is 2.15. The molecule has 0 unspecified atom stereocenters. The van der Waals surface area contributed by atoms with E-state index in [2.05, 4.69) is 0 Å². The number of hydrogen-bond donors (Lipinski definition) is 0. The van der Waals surface area contributed by atoms with Crippen LogP contribution in [0.4, 0.5) is 0 Å². The van der Waals surface area contributed by atoms with E-state index < -0.39 is 5.78 Å². The van der Waals surface area contributed by atoms with Gasteiger partial charge in [-0.2, -0.15) is 5.26 Å². The van der Waals surface area contributed by atoms with Gasteiger partial charge in [-0.3, -0.25) is 4.79 Å². The molecule has 3 rings (SSSR count). The third-order valence-corrected chi connectivity index (χ3v) is 2.82. The molecule has 5 nitrogen and oxygen atoms in total. The second-order valence-electron chi connectivity index (χ2n) is 4.09. The summed E-state index contributed by atoms with van der Waals surface area (Å²) in [6.07, 6.45) is 2.88. The molecule has 0 atom stereocenters. The molecule has 1 aromatic carbocycles. The van der Waals surface area contributed by atoms with E-state index in [1.165, 1.54) is 18.4 Å². The van der Waals surface area contributed by atoms with E-state index in [0.29, 0.717) is 17.1 Å². The predicted octanol–water partition coefficient (Wildman–Crippen LogP) is 2.80. The Hall–Kier alpha value is -3.00. The number of rotatable bonds is 3. The van der Waals surface area contributed by atoms with Gasteiger partial charge in [0.15, 0.2) is 17.3 Å². The second-order valence-corrected chi connectivity index (χ2v) is 4.09. The number of ether oxygens (including phenoxy) is 2. The highest BCUT2D eigenvalue weighted by Crippen LogP contribution is 2.33. The molecule has 0 bridgehead atoms. The largest absolute Gasteiger partial charge is 0.461 e. The zero-order valence-corrected chi connectivity index (χ0v) is 10.3. The quantitative estimate of drug-likeness (QED) is 0.485. The van der Waals surface area contributed by atoms with Crippen LogP contribution in [0.2, 0.25) is 0 Å². The summed E-state index contributed by atoms with van der Waals surface area (Å²) in [5.74, 6) is 0.938. The fourth-order valence-corrected chi connectivity index (χ4v) is 1.86. The molecule has 1 aromatic heterocycles. The van der Waals surface area contributed by atoms with Crippen molar-refractivity contribution >= 4 is 11.9 Å². The average molecular weight is 267 g/mol. The van der Waals surface area contributed by atoms with Gasteiger partial charge in [0, 0.05) is 0 Å². The normalized spacial score (nSPS) is 13.1. The lowest BCUT2D eigenvalue weighted by Gasteiger charge is -1.99. The number of carbonyl (C=O) groups is 1. The minimum atomic E-state index is -0.449. The summed E-state index contributed by atoms with van der Waals surface area (Å²) in [6, 6.07) is 10.2. The van der Waals surface area contributed by atoms with Crippen LogP contribution in [-0.4, -0.2) is 12.6 Å². The molecule has 0 saturated carbocycles. The average Bonchev–Trinajstić information content (AvgIpc) is 3.14.